The Balaban J connectivity index is 1.61. The number of imidazole rings is 1. The second kappa shape index (κ2) is 4.83. The molecular formula is C16H23N3O3. The monoisotopic (exact) mass is 305 g/mol. The number of carbonyl (C=O) groups excluding carboxylic acids is 2. The van der Waals surface area contributed by atoms with Gasteiger partial charge in [-0.1, -0.05) is 13.8 Å². The molecule has 2 atom stereocenters. The molecule has 1 aromatic rings. The minimum atomic E-state index is -1.01. The van der Waals surface area contributed by atoms with Crippen LogP contribution in [-0.2, 0) is 20.9 Å². The maximum atomic E-state index is 12.7. The molecule has 2 fully saturated rings. The summed E-state index contributed by atoms with van der Waals surface area (Å²) in [6.07, 6.45) is 7.51. The Hall–Kier alpha value is -1.85. The lowest BCUT2D eigenvalue weighted by molar-refractivity contribution is -0.168. The van der Waals surface area contributed by atoms with Gasteiger partial charge in [-0.15, -0.1) is 0 Å². The highest BCUT2D eigenvalue weighted by Gasteiger charge is 2.75. The van der Waals surface area contributed by atoms with Crippen LogP contribution >= 0.6 is 0 Å². The van der Waals surface area contributed by atoms with Gasteiger partial charge in [0.1, 0.15) is 0 Å². The van der Waals surface area contributed by atoms with Crippen LogP contribution in [-0.4, -0.2) is 33.6 Å². The number of amides is 1. The van der Waals surface area contributed by atoms with Crippen molar-refractivity contribution in [2.24, 2.45) is 10.8 Å². The smallest absolute Gasteiger partial charge is 0.313 e. The lowest BCUT2D eigenvalue weighted by Gasteiger charge is -2.35. The summed E-state index contributed by atoms with van der Waals surface area (Å²) < 4.78 is 7.53. The van der Waals surface area contributed by atoms with Gasteiger partial charge >= 0.3 is 5.97 Å². The zero-order valence-corrected chi connectivity index (χ0v) is 13.4. The average molecular weight is 305 g/mol. The van der Waals surface area contributed by atoms with Crippen LogP contribution < -0.4 is 5.32 Å². The number of ether oxygens (including phenoxy) is 1. The molecule has 2 bridgehead atoms. The summed E-state index contributed by atoms with van der Waals surface area (Å²) in [5.74, 6) is -0.393. The molecule has 0 radical (unpaired) electrons. The lowest BCUT2D eigenvalue weighted by atomic mass is 9.66. The van der Waals surface area contributed by atoms with E-state index in [1.807, 2.05) is 31.5 Å². The molecule has 0 unspecified atom stereocenters. The topological polar surface area (TPSA) is 73.2 Å². The van der Waals surface area contributed by atoms with Crippen molar-refractivity contribution >= 4 is 11.9 Å². The molecule has 2 aliphatic rings. The third-order valence-corrected chi connectivity index (χ3v) is 5.89. The Morgan fingerprint density at radius 3 is 2.73 bits per heavy atom. The maximum Gasteiger partial charge on any atom is 0.313 e. The molecule has 0 spiro atoms. The predicted octanol–water partition coefficient (Wildman–Crippen LogP) is 1.51. The van der Waals surface area contributed by atoms with Crippen molar-refractivity contribution in [3.8, 4) is 0 Å². The Bertz CT molecular complexity index is 596. The van der Waals surface area contributed by atoms with Gasteiger partial charge in [0.2, 0.25) is 0 Å². The van der Waals surface area contributed by atoms with E-state index in [0.29, 0.717) is 19.4 Å². The molecule has 0 aromatic carbocycles. The number of hydrogen-bond acceptors (Lipinski definition) is 4. The van der Waals surface area contributed by atoms with Gasteiger partial charge in [-0.25, -0.2) is 4.98 Å². The van der Waals surface area contributed by atoms with E-state index < -0.39 is 16.4 Å². The van der Waals surface area contributed by atoms with E-state index in [4.69, 9.17) is 4.74 Å². The van der Waals surface area contributed by atoms with E-state index in [-0.39, 0.29) is 11.9 Å². The van der Waals surface area contributed by atoms with Gasteiger partial charge in [-0.05, 0) is 26.2 Å². The van der Waals surface area contributed by atoms with E-state index in [1.54, 1.807) is 12.5 Å². The maximum absolute atomic E-state index is 12.7. The van der Waals surface area contributed by atoms with Crippen LogP contribution in [0.15, 0.2) is 18.7 Å². The predicted molar refractivity (Wildman–Crippen MR) is 79.8 cm³/mol. The first-order chi connectivity index (χ1) is 10.3. The molecule has 3 rings (SSSR count). The van der Waals surface area contributed by atoms with E-state index in [0.717, 1.165) is 13.0 Å². The SMILES string of the molecule is CC1(C)[C@@]2(C)CC[C@]1(C(=O)NCCCn1ccnc1)OC2=O. The number of nitrogens with one attached hydrogen (secondary N) is 1. The molecule has 2 heterocycles. The molecule has 1 aromatic heterocycles. The van der Waals surface area contributed by atoms with Gasteiger partial charge in [0, 0.05) is 30.9 Å². The Morgan fingerprint density at radius 1 is 1.41 bits per heavy atom. The van der Waals surface area contributed by atoms with Crippen molar-refractivity contribution in [2.45, 2.75) is 52.2 Å². The van der Waals surface area contributed by atoms with Crippen LogP contribution in [0.25, 0.3) is 0 Å². The van der Waals surface area contributed by atoms with Gasteiger partial charge in [0.15, 0.2) is 5.60 Å². The van der Waals surface area contributed by atoms with Crippen molar-refractivity contribution < 1.29 is 14.3 Å². The highest BCUT2D eigenvalue weighted by atomic mass is 16.6. The summed E-state index contributed by atoms with van der Waals surface area (Å²) >= 11 is 0. The minimum absolute atomic E-state index is 0.155. The summed E-state index contributed by atoms with van der Waals surface area (Å²) in [6, 6.07) is 0. The first-order valence-corrected chi connectivity index (χ1v) is 7.81. The molecule has 1 N–H and O–H groups in total. The summed E-state index contributed by atoms with van der Waals surface area (Å²) in [6.45, 7) is 7.21. The number of aromatic nitrogens is 2. The summed E-state index contributed by atoms with van der Waals surface area (Å²) in [5.41, 5.74) is -2.04. The van der Waals surface area contributed by atoms with Crippen LogP contribution in [0.2, 0.25) is 0 Å². The summed E-state index contributed by atoms with van der Waals surface area (Å²) in [5, 5.41) is 2.95. The molecule has 1 aliphatic heterocycles. The van der Waals surface area contributed by atoms with Gasteiger partial charge < -0.3 is 14.6 Å². The molecule has 1 aliphatic carbocycles. The number of hydrogen-bond donors (Lipinski definition) is 1. The fraction of sp³-hybridized carbons (Fsp3) is 0.688. The normalized spacial score (nSPS) is 32.0. The quantitative estimate of drug-likeness (QED) is 0.661. The average Bonchev–Trinajstić information content (AvgIpc) is 3.08. The number of nitrogens with zero attached hydrogens (tertiary/aromatic N) is 2. The van der Waals surface area contributed by atoms with Crippen molar-refractivity contribution in [1.82, 2.24) is 14.9 Å². The number of fused-ring (bicyclic) bond motifs is 2. The zero-order chi connectivity index (χ0) is 16.0. The third kappa shape index (κ3) is 1.82. The van der Waals surface area contributed by atoms with Crippen LogP contribution in [0.1, 0.15) is 40.0 Å². The van der Waals surface area contributed by atoms with Gasteiger partial charge in [-0.2, -0.15) is 0 Å². The second-order valence-corrected chi connectivity index (χ2v) is 7.08. The summed E-state index contributed by atoms with van der Waals surface area (Å²) in [7, 11) is 0. The van der Waals surface area contributed by atoms with Crippen molar-refractivity contribution in [2.75, 3.05) is 6.54 Å². The van der Waals surface area contributed by atoms with E-state index in [1.165, 1.54) is 0 Å². The first-order valence-electron chi connectivity index (χ1n) is 7.81. The number of aryl methyl sites for hydroxylation is 1. The van der Waals surface area contributed by atoms with Crippen molar-refractivity contribution in [3.63, 3.8) is 0 Å². The van der Waals surface area contributed by atoms with Gasteiger partial charge in [0.25, 0.3) is 5.91 Å². The molecule has 1 amide bonds. The molecular weight excluding hydrogens is 282 g/mol. The van der Waals surface area contributed by atoms with Crippen LogP contribution in [0.4, 0.5) is 0 Å². The largest absolute Gasteiger partial charge is 0.448 e. The zero-order valence-electron chi connectivity index (χ0n) is 13.4. The van der Waals surface area contributed by atoms with Crippen LogP contribution in [0.5, 0.6) is 0 Å². The van der Waals surface area contributed by atoms with Gasteiger partial charge in [-0.3, -0.25) is 9.59 Å². The molecule has 22 heavy (non-hydrogen) atoms. The number of carbonyl (C=O) groups is 2. The molecule has 1 saturated heterocycles. The minimum Gasteiger partial charge on any atom is -0.448 e. The fourth-order valence-electron chi connectivity index (χ4n) is 3.77. The highest BCUT2D eigenvalue weighted by molar-refractivity contribution is 5.96. The number of rotatable bonds is 5. The second-order valence-electron chi connectivity index (χ2n) is 7.08. The first kappa shape index (κ1) is 15.1. The highest BCUT2D eigenvalue weighted by Crippen LogP contribution is 2.65. The fourth-order valence-corrected chi connectivity index (χ4v) is 3.77. The number of esters is 1. The van der Waals surface area contributed by atoms with E-state index in [9.17, 15) is 9.59 Å². The molecule has 120 valence electrons. The third-order valence-electron chi connectivity index (χ3n) is 5.89. The van der Waals surface area contributed by atoms with Crippen molar-refractivity contribution in [3.05, 3.63) is 18.7 Å². The Kier molecular flexibility index (Phi) is 3.30. The molecule has 6 nitrogen and oxygen atoms in total. The van der Waals surface area contributed by atoms with Crippen molar-refractivity contribution in [1.29, 1.82) is 0 Å². The molecule has 6 heteroatoms. The standard InChI is InChI=1S/C16H23N3O3/c1-14(2)15(3)5-6-16(14,22-13(15)21)12(20)18-7-4-9-19-10-8-17-11-19/h8,10-11H,4-7,9H2,1-3H3,(H,18,20)/t15-,16+/m0/s1. The van der Waals surface area contributed by atoms with E-state index >= 15 is 0 Å². The summed E-state index contributed by atoms with van der Waals surface area (Å²) in [4.78, 5) is 28.8. The van der Waals surface area contributed by atoms with E-state index in [2.05, 4.69) is 10.3 Å². The Labute approximate surface area is 130 Å². The van der Waals surface area contributed by atoms with Gasteiger partial charge in [0.05, 0.1) is 11.7 Å². The Morgan fingerprint density at radius 2 is 2.18 bits per heavy atom. The van der Waals surface area contributed by atoms with Crippen LogP contribution in [0.3, 0.4) is 0 Å². The lowest BCUT2D eigenvalue weighted by Crippen LogP contribution is -2.53. The van der Waals surface area contributed by atoms with Crippen LogP contribution in [0, 0.1) is 10.8 Å². The molecule has 1 saturated carbocycles.